The van der Waals surface area contributed by atoms with E-state index in [0.29, 0.717) is 0 Å². The van der Waals surface area contributed by atoms with Crippen LogP contribution in [0.4, 0.5) is 5.69 Å². The van der Waals surface area contributed by atoms with Gasteiger partial charge < -0.3 is 10.2 Å². The Morgan fingerprint density at radius 3 is 3.10 bits per heavy atom. The Hall–Kier alpha value is -1.13. The topological polar surface area (TPSA) is 31.4 Å². The Kier molecular flexibility index (Phi) is 4.53. The van der Waals surface area contributed by atoms with Crippen LogP contribution in [0.25, 0.3) is 0 Å². The molecule has 0 aromatic carbocycles. The first-order chi connectivity index (χ1) is 9.88. The molecule has 0 saturated carbocycles. The first kappa shape index (κ1) is 13.8. The van der Waals surface area contributed by atoms with Gasteiger partial charge in [-0.05, 0) is 44.0 Å². The summed E-state index contributed by atoms with van der Waals surface area (Å²) < 4.78 is 0. The average molecular weight is 274 g/mol. The van der Waals surface area contributed by atoms with E-state index in [-0.39, 0.29) is 0 Å². The molecule has 3 heterocycles. The predicted molar refractivity (Wildman–Crippen MR) is 83.0 cm³/mol. The van der Waals surface area contributed by atoms with Crippen molar-refractivity contribution in [2.24, 2.45) is 0 Å². The minimum Gasteiger partial charge on any atom is -0.368 e. The molecule has 1 unspecified atom stereocenters. The fourth-order valence-corrected chi connectivity index (χ4v) is 3.53. The lowest BCUT2D eigenvalue weighted by Crippen LogP contribution is -2.37. The van der Waals surface area contributed by atoms with Crippen LogP contribution < -0.4 is 10.2 Å². The number of hydrogen-bond donors (Lipinski definition) is 1. The molecule has 0 bridgehead atoms. The Morgan fingerprint density at radius 1 is 1.30 bits per heavy atom. The zero-order valence-corrected chi connectivity index (χ0v) is 12.5. The molecule has 4 nitrogen and oxygen atoms in total. The molecule has 3 rings (SSSR count). The summed E-state index contributed by atoms with van der Waals surface area (Å²) in [5.74, 6) is 0. The third-order valence-corrected chi connectivity index (χ3v) is 4.60. The zero-order valence-electron chi connectivity index (χ0n) is 12.5. The van der Waals surface area contributed by atoms with Gasteiger partial charge in [-0.2, -0.15) is 0 Å². The summed E-state index contributed by atoms with van der Waals surface area (Å²) in [6.07, 6.45) is 7.97. The van der Waals surface area contributed by atoms with E-state index < -0.39 is 0 Å². The number of rotatable bonds is 4. The van der Waals surface area contributed by atoms with Crippen molar-refractivity contribution in [3.05, 3.63) is 24.0 Å². The summed E-state index contributed by atoms with van der Waals surface area (Å²) in [6.45, 7) is 9.02. The van der Waals surface area contributed by atoms with Crippen molar-refractivity contribution < 1.29 is 0 Å². The molecular weight excluding hydrogens is 248 g/mol. The largest absolute Gasteiger partial charge is 0.368 e. The summed E-state index contributed by atoms with van der Waals surface area (Å²) in [6, 6.07) is 2.92. The van der Waals surface area contributed by atoms with Gasteiger partial charge in [0.05, 0.1) is 11.9 Å². The molecule has 2 fully saturated rings. The summed E-state index contributed by atoms with van der Waals surface area (Å²) >= 11 is 0. The van der Waals surface area contributed by atoms with Crippen molar-refractivity contribution in [2.45, 2.75) is 38.8 Å². The number of pyridine rings is 1. The Bertz CT molecular complexity index is 434. The molecule has 110 valence electrons. The van der Waals surface area contributed by atoms with E-state index in [2.05, 4.69) is 39.3 Å². The maximum Gasteiger partial charge on any atom is 0.0598 e. The maximum atomic E-state index is 4.36. The van der Waals surface area contributed by atoms with Gasteiger partial charge in [-0.25, -0.2) is 0 Å². The minimum absolute atomic E-state index is 0.754. The van der Waals surface area contributed by atoms with Gasteiger partial charge in [0.1, 0.15) is 0 Å². The number of hydrogen-bond acceptors (Lipinski definition) is 4. The molecule has 2 aliphatic rings. The molecule has 4 heteroatoms. The predicted octanol–water partition coefficient (Wildman–Crippen LogP) is 1.87. The molecule has 2 saturated heterocycles. The van der Waals surface area contributed by atoms with Crippen molar-refractivity contribution in [1.29, 1.82) is 0 Å². The lowest BCUT2D eigenvalue weighted by atomic mass is 10.1. The zero-order chi connectivity index (χ0) is 13.8. The first-order valence-electron chi connectivity index (χ1n) is 8.01. The summed E-state index contributed by atoms with van der Waals surface area (Å²) in [5.41, 5.74) is 2.72. The van der Waals surface area contributed by atoms with Gasteiger partial charge in [-0.15, -0.1) is 0 Å². The van der Waals surface area contributed by atoms with Crippen molar-refractivity contribution in [3.63, 3.8) is 0 Å². The second-order valence-electron chi connectivity index (χ2n) is 5.92. The molecular formula is C16H26N4. The average Bonchev–Trinajstić information content (AvgIpc) is 2.82. The SMILES string of the molecule is CCNCc1ccncc1N1CCCN2CCCC2C1. The van der Waals surface area contributed by atoms with Crippen LogP contribution >= 0.6 is 0 Å². The van der Waals surface area contributed by atoms with E-state index in [9.17, 15) is 0 Å². The van der Waals surface area contributed by atoms with Gasteiger partial charge >= 0.3 is 0 Å². The fraction of sp³-hybridized carbons (Fsp3) is 0.688. The van der Waals surface area contributed by atoms with Crippen molar-refractivity contribution in [3.8, 4) is 0 Å². The van der Waals surface area contributed by atoms with Gasteiger partial charge in [-0.3, -0.25) is 9.88 Å². The first-order valence-corrected chi connectivity index (χ1v) is 8.01. The van der Waals surface area contributed by atoms with Crippen LogP contribution in [-0.4, -0.2) is 48.6 Å². The van der Waals surface area contributed by atoms with Gasteiger partial charge in [0, 0.05) is 38.4 Å². The third-order valence-electron chi connectivity index (χ3n) is 4.60. The maximum absolute atomic E-state index is 4.36. The standard InChI is InChI=1S/C16H26N4/c1-2-17-11-14-6-7-18-12-16(14)20-10-4-9-19-8-3-5-15(19)13-20/h6-7,12,15,17H,2-5,8-11,13H2,1H3. The number of nitrogens with one attached hydrogen (secondary N) is 1. The number of aromatic nitrogens is 1. The quantitative estimate of drug-likeness (QED) is 0.908. The van der Waals surface area contributed by atoms with E-state index in [1.165, 1.54) is 50.1 Å². The van der Waals surface area contributed by atoms with Gasteiger partial charge in [-0.1, -0.05) is 6.92 Å². The van der Waals surface area contributed by atoms with Crippen LogP contribution in [-0.2, 0) is 6.54 Å². The third kappa shape index (κ3) is 2.96. The van der Waals surface area contributed by atoms with Crippen LogP contribution in [0.5, 0.6) is 0 Å². The second kappa shape index (κ2) is 6.55. The molecule has 0 spiro atoms. The second-order valence-corrected chi connectivity index (χ2v) is 5.92. The Balaban J connectivity index is 1.77. The number of anilines is 1. The summed E-state index contributed by atoms with van der Waals surface area (Å²) in [4.78, 5) is 9.61. The molecule has 0 aliphatic carbocycles. The lowest BCUT2D eigenvalue weighted by Gasteiger charge is -2.28. The van der Waals surface area contributed by atoms with Crippen LogP contribution in [0.2, 0.25) is 0 Å². The van der Waals surface area contributed by atoms with E-state index >= 15 is 0 Å². The monoisotopic (exact) mass is 274 g/mol. The molecule has 2 aliphatic heterocycles. The van der Waals surface area contributed by atoms with E-state index in [1.807, 2.05) is 6.20 Å². The highest BCUT2D eigenvalue weighted by Gasteiger charge is 2.29. The molecule has 0 radical (unpaired) electrons. The Morgan fingerprint density at radius 2 is 2.20 bits per heavy atom. The van der Waals surface area contributed by atoms with Crippen LogP contribution in [0.1, 0.15) is 31.7 Å². The smallest absolute Gasteiger partial charge is 0.0598 e. The fourth-order valence-electron chi connectivity index (χ4n) is 3.53. The van der Waals surface area contributed by atoms with Gasteiger partial charge in [0.2, 0.25) is 0 Å². The van der Waals surface area contributed by atoms with Crippen molar-refractivity contribution in [2.75, 3.05) is 37.6 Å². The van der Waals surface area contributed by atoms with Crippen LogP contribution in [0.3, 0.4) is 0 Å². The van der Waals surface area contributed by atoms with Crippen molar-refractivity contribution >= 4 is 5.69 Å². The number of fused-ring (bicyclic) bond motifs is 1. The minimum atomic E-state index is 0.754. The highest BCUT2D eigenvalue weighted by Crippen LogP contribution is 2.26. The summed E-state index contributed by atoms with van der Waals surface area (Å²) in [7, 11) is 0. The van der Waals surface area contributed by atoms with Crippen LogP contribution in [0.15, 0.2) is 18.5 Å². The Labute approximate surface area is 122 Å². The molecule has 0 amide bonds. The highest BCUT2D eigenvalue weighted by molar-refractivity contribution is 5.52. The highest BCUT2D eigenvalue weighted by atomic mass is 15.3. The normalized spacial score (nSPS) is 23.6. The van der Waals surface area contributed by atoms with Gasteiger partial charge in [0.25, 0.3) is 0 Å². The molecule has 1 aromatic heterocycles. The molecule has 20 heavy (non-hydrogen) atoms. The van der Waals surface area contributed by atoms with E-state index in [4.69, 9.17) is 0 Å². The number of nitrogens with zero attached hydrogens (tertiary/aromatic N) is 3. The lowest BCUT2D eigenvalue weighted by molar-refractivity contribution is 0.273. The van der Waals surface area contributed by atoms with Gasteiger partial charge in [0.15, 0.2) is 0 Å². The van der Waals surface area contributed by atoms with E-state index in [1.54, 1.807) is 0 Å². The molecule has 1 atom stereocenters. The van der Waals surface area contributed by atoms with Crippen molar-refractivity contribution in [1.82, 2.24) is 15.2 Å². The van der Waals surface area contributed by atoms with E-state index in [0.717, 1.165) is 25.7 Å². The molecule has 1 N–H and O–H groups in total. The molecule has 1 aromatic rings. The summed E-state index contributed by atoms with van der Waals surface area (Å²) in [5, 5.41) is 3.44. The van der Waals surface area contributed by atoms with Crippen LogP contribution in [0, 0.1) is 0 Å².